The lowest BCUT2D eigenvalue weighted by molar-refractivity contribution is -0.139. The Morgan fingerprint density at radius 2 is 2.05 bits per heavy atom. The van der Waals surface area contributed by atoms with Crippen LogP contribution in [0.1, 0.15) is 24.8 Å². The van der Waals surface area contributed by atoms with Crippen LogP contribution >= 0.6 is 0 Å². The highest BCUT2D eigenvalue weighted by Gasteiger charge is 2.19. The number of allylic oxidation sites excluding steroid dienone is 2. The van der Waals surface area contributed by atoms with E-state index in [4.69, 9.17) is 0 Å². The maximum absolute atomic E-state index is 11.3. The zero-order chi connectivity index (χ0) is 14.4. The van der Waals surface area contributed by atoms with Crippen LogP contribution in [-0.2, 0) is 11.2 Å². The lowest BCUT2D eigenvalue weighted by Crippen LogP contribution is -2.41. The Morgan fingerprint density at radius 1 is 1.30 bits per heavy atom. The van der Waals surface area contributed by atoms with Crippen LogP contribution in [0, 0.1) is 5.92 Å². The summed E-state index contributed by atoms with van der Waals surface area (Å²) in [6.07, 6.45) is 8.01. The van der Waals surface area contributed by atoms with Gasteiger partial charge in [0.2, 0.25) is 0 Å². The lowest BCUT2D eigenvalue weighted by Gasteiger charge is -2.21. The van der Waals surface area contributed by atoms with E-state index < -0.39 is 12.0 Å². The number of carboxylic acids is 1. The minimum absolute atomic E-state index is 0.197. The van der Waals surface area contributed by atoms with Crippen molar-refractivity contribution in [1.82, 2.24) is 5.32 Å². The Kier molecular flexibility index (Phi) is 5.18. The van der Waals surface area contributed by atoms with Gasteiger partial charge in [0.25, 0.3) is 0 Å². The SMILES string of the molecule is O=C(O)[C@H](Cc1ccc(O)cc1)NCC1CC=CCC1. The van der Waals surface area contributed by atoms with Gasteiger partial charge in [0, 0.05) is 0 Å². The number of benzene rings is 1. The molecule has 1 aromatic rings. The third kappa shape index (κ3) is 4.38. The number of aliphatic carboxylic acids is 1. The van der Waals surface area contributed by atoms with E-state index in [0.29, 0.717) is 12.3 Å². The molecule has 0 aliphatic heterocycles. The molecule has 1 unspecified atom stereocenters. The molecule has 0 fully saturated rings. The zero-order valence-electron chi connectivity index (χ0n) is 11.5. The molecule has 2 rings (SSSR count). The molecule has 4 nitrogen and oxygen atoms in total. The van der Waals surface area contributed by atoms with Gasteiger partial charge in [-0.3, -0.25) is 4.79 Å². The van der Waals surface area contributed by atoms with Crippen molar-refractivity contribution in [3.05, 3.63) is 42.0 Å². The summed E-state index contributed by atoms with van der Waals surface area (Å²) >= 11 is 0. The number of rotatable bonds is 6. The molecule has 1 aliphatic rings. The molecule has 108 valence electrons. The van der Waals surface area contributed by atoms with Crippen molar-refractivity contribution in [2.45, 2.75) is 31.7 Å². The molecule has 0 bridgehead atoms. The van der Waals surface area contributed by atoms with Crippen LogP contribution in [0.4, 0.5) is 0 Å². The van der Waals surface area contributed by atoms with Gasteiger partial charge in [-0.1, -0.05) is 24.3 Å². The van der Waals surface area contributed by atoms with Crippen molar-refractivity contribution >= 4 is 5.97 Å². The quantitative estimate of drug-likeness (QED) is 0.697. The molecule has 0 aromatic heterocycles. The third-order valence-corrected chi connectivity index (χ3v) is 3.70. The summed E-state index contributed by atoms with van der Waals surface area (Å²) < 4.78 is 0. The summed E-state index contributed by atoms with van der Waals surface area (Å²) in [6.45, 7) is 0.736. The van der Waals surface area contributed by atoms with Gasteiger partial charge in [0.05, 0.1) is 0 Å². The monoisotopic (exact) mass is 275 g/mol. The number of phenols is 1. The van der Waals surface area contributed by atoms with Crippen LogP contribution in [0.15, 0.2) is 36.4 Å². The van der Waals surface area contributed by atoms with E-state index in [-0.39, 0.29) is 5.75 Å². The average Bonchev–Trinajstić information content (AvgIpc) is 2.46. The van der Waals surface area contributed by atoms with Gasteiger partial charge in [-0.2, -0.15) is 0 Å². The van der Waals surface area contributed by atoms with Gasteiger partial charge in [-0.15, -0.1) is 0 Å². The lowest BCUT2D eigenvalue weighted by atomic mass is 9.94. The molecule has 0 amide bonds. The highest BCUT2D eigenvalue weighted by atomic mass is 16.4. The maximum Gasteiger partial charge on any atom is 0.321 e. The number of hydrogen-bond acceptors (Lipinski definition) is 3. The van der Waals surface area contributed by atoms with Gasteiger partial charge in [0.1, 0.15) is 11.8 Å². The van der Waals surface area contributed by atoms with E-state index in [1.54, 1.807) is 24.3 Å². The van der Waals surface area contributed by atoms with Crippen LogP contribution in [0.25, 0.3) is 0 Å². The fraction of sp³-hybridized carbons (Fsp3) is 0.438. The van der Waals surface area contributed by atoms with Crippen molar-refractivity contribution in [3.63, 3.8) is 0 Å². The van der Waals surface area contributed by atoms with Gasteiger partial charge >= 0.3 is 5.97 Å². The van der Waals surface area contributed by atoms with Gasteiger partial charge in [-0.05, 0) is 55.8 Å². The first-order valence-electron chi connectivity index (χ1n) is 7.04. The summed E-state index contributed by atoms with van der Waals surface area (Å²) in [5.74, 6) is -0.103. The topological polar surface area (TPSA) is 69.6 Å². The van der Waals surface area contributed by atoms with E-state index in [1.165, 1.54) is 0 Å². The molecular formula is C16H21NO3. The highest BCUT2D eigenvalue weighted by Crippen LogP contribution is 2.17. The van der Waals surface area contributed by atoms with Crippen LogP contribution in [-0.4, -0.2) is 28.8 Å². The molecule has 0 radical (unpaired) electrons. The standard InChI is InChI=1S/C16H21NO3/c18-14-8-6-12(7-9-14)10-15(16(19)20)17-11-13-4-2-1-3-5-13/h1-2,6-9,13,15,17-18H,3-5,10-11H2,(H,19,20)/t13?,15-/m0/s1. The summed E-state index contributed by atoms with van der Waals surface area (Å²) in [4.78, 5) is 11.3. The number of nitrogens with one attached hydrogen (secondary N) is 1. The minimum atomic E-state index is -0.829. The molecule has 20 heavy (non-hydrogen) atoms. The second-order valence-electron chi connectivity index (χ2n) is 5.32. The van der Waals surface area contributed by atoms with E-state index >= 15 is 0 Å². The van der Waals surface area contributed by atoms with Crippen LogP contribution in [0.2, 0.25) is 0 Å². The summed E-state index contributed by atoms with van der Waals surface area (Å²) in [7, 11) is 0. The van der Waals surface area contributed by atoms with Crippen molar-refractivity contribution in [1.29, 1.82) is 0 Å². The van der Waals surface area contributed by atoms with E-state index in [1.807, 2.05) is 0 Å². The first kappa shape index (κ1) is 14.6. The Balaban J connectivity index is 1.88. The van der Waals surface area contributed by atoms with E-state index in [2.05, 4.69) is 17.5 Å². The molecule has 1 aliphatic carbocycles. The molecule has 4 heteroatoms. The number of carboxylic acid groups (broad SMARTS) is 1. The van der Waals surface area contributed by atoms with Gasteiger partial charge < -0.3 is 15.5 Å². The van der Waals surface area contributed by atoms with Crippen molar-refractivity contribution in [2.75, 3.05) is 6.54 Å². The first-order chi connectivity index (χ1) is 9.65. The number of hydrogen-bond donors (Lipinski definition) is 3. The highest BCUT2D eigenvalue weighted by molar-refractivity contribution is 5.73. The largest absolute Gasteiger partial charge is 0.508 e. The average molecular weight is 275 g/mol. The smallest absolute Gasteiger partial charge is 0.321 e. The van der Waals surface area contributed by atoms with Gasteiger partial charge in [-0.25, -0.2) is 0 Å². The van der Waals surface area contributed by atoms with Crippen molar-refractivity contribution in [2.24, 2.45) is 5.92 Å². The molecule has 3 N–H and O–H groups in total. The summed E-state index contributed by atoms with van der Waals surface area (Å²) in [6, 6.07) is 6.11. The predicted octanol–water partition coefficient (Wildman–Crippen LogP) is 2.33. The maximum atomic E-state index is 11.3. The van der Waals surface area contributed by atoms with Crippen molar-refractivity contribution < 1.29 is 15.0 Å². The van der Waals surface area contributed by atoms with Crippen LogP contribution in [0.5, 0.6) is 5.75 Å². The van der Waals surface area contributed by atoms with E-state index in [9.17, 15) is 15.0 Å². The first-order valence-corrected chi connectivity index (χ1v) is 7.04. The fourth-order valence-corrected chi connectivity index (χ4v) is 2.47. The molecular weight excluding hydrogens is 254 g/mol. The summed E-state index contributed by atoms with van der Waals surface area (Å²) in [5.41, 5.74) is 0.909. The molecule has 0 heterocycles. The van der Waals surface area contributed by atoms with E-state index in [0.717, 1.165) is 31.4 Å². The van der Waals surface area contributed by atoms with Gasteiger partial charge in [0.15, 0.2) is 0 Å². The second-order valence-corrected chi connectivity index (χ2v) is 5.32. The minimum Gasteiger partial charge on any atom is -0.508 e. The molecule has 0 spiro atoms. The number of phenolic OH excluding ortho intramolecular Hbond substituents is 1. The second kappa shape index (κ2) is 7.10. The Labute approximate surface area is 119 Å². The molecule has 0 saturated carbocycles. The van der Waals surface area contributed by atoms with Crippen LogP contribution in [0.3, 0.4) is 0 Å². The fourth-order valence-electron chi connectivity index (χ4n) is 2.47. The molecule has 1 aromatic carbocycles. The summed E-state index contributed by atoms with van der Waals surface area (Å²) in [5, 5.41) is 21.7. The molecule has 0 saturated heterocycles. The predicted molar refractivity (Wildman–Crippen MR) is 77.7 cm³/mol. The third-order valence-electron chi connectivity index (χ3n) is 3.70. The Morgan fingerprint density at radius 3 is 2.65 bits per heavy atom. The Bertz CT molecular complexity index is 467. The molecule has 2 atom stereocenters. The normalized spacial score (nSPS) is 19.7. The number of aromatic hydroxyl groups is 1. The van der Waals surface area contributed by atoms with Crippen LogP contribution < -0.4 is 5.32 Å². The zero-order valence-corrected chi connectivity index (χ0v) is 11.5. The van der Waals surface area contributed by atoms with Crippen molar-refractivity contribution in [3.8, 4) is 5.75 Å². The number of carbonyl (C=O) groups is 1. The Hall–Kier alpha value is -1.81.